The minimum Gasteiger partial charge on any atom is -0.462 e. The van der Waals surface area contributed by atoms with Crippen molar-refractivity contribution in [3.05, 3.63) is 97.2 Å². The second-order valence-corrected chi connectivity index (χ2v) is 21.3. The number of allylic oxidation sites excluding steroid dienone is 16. The van der Waals surface area contributed by atoms with Gasteiger partial charge in [0.25, 0.3) is 0 Å². The molecule has 0 heterocycles. The molecule has 0 bridgehead atoms. The third-order valence-corrected chi connectivity index (χ3v) is 13.8. The van der Waals surface area contributed by atoms with Crippen molar-refractivity contribution in [3.63, 3.8) is 0 Å². The minimum absolute atomic E-state index is 0.0894. The molecular formula is C70H120O6. The van der Waals surface area contributed by atoms with Crippen molar-refractivity contribution in [3.8, 4) is 0 Å². The molecule has 0 aromatic heterocycles. The van der Waals surface area contributed by atoms with E-state index < -0.39 is 6.10 Å². The molecule has 1 unspecified atom stereocenters. The summed E-state index contributed by atoms with van der Waals surface area (Å²) in [5, 5.41) is 0. The first-order chi connectivity index (χ1) is 37.5. The quantitative estimate of drug-likeness (QED) is 0.0261. The van der Waals surface area contributed by atoms with Gasteiger partial charge in [-0.1, -0.05) is 266 Å². The van der Waals surface area contributed by atoms with Crippen LogP contribution >= 0.6 is 0 Å². The highest BCUT2D eigenvalue weighted by atomic mass is 16.6. The van der Waals surface area contributed by atoms with Crippen molar-refractivity contribution in [1.82, 2.24) is 0 Å². The zero-order valence-electron chi connectivity index (χ0n) is 50.0. The van der Waals surface area contributed by atoms with E-state index in [1.165, 1.54) is 148 Å². The van der Waals surface area contributed by atoms with Gasteiger partial charge >= 0.3 is 17.9 Å². The van der Waals surface area contributed by atoms with Gasteiger partial charge in [-0.3, -0.25) is 14.4 Å². The number of rotatable bonds is 58. The van der Waals surface area contributed by atoms with Gasteiger partial charge in [-0.2, -0.15) is 0 Å². The summed E-state index contributed by atoms with van der Waals surface area (Å²) in [6.07, 6.45) is 85.4. The fraction of sp³-hybridized carbons (Fsp3) is 0.729. The SMILES string of the molecule is CC/C=C\C/C=C\C/C=C\C/C=C\C/C=C\CCCCCCCC(=O)OCC(COC(=O)CCCCCCC/C=C\CCCCCCCCC)OC(=O)CCCCCCCCCCC/C=C\C/C=C\CCCCCCC. The van der Waals surface area contributed by atoms with Gasteiger partial charge in [-0.25, -0.2) is 0 Å². The number of unbranched alkanes of at least 4 members (excludes halogenated alkanes) is 31. The number of ether oxygens (including phenoxy) is 3. The standard InChI is InChI=1S/C70H120O6/c1-4-7-10-13-16-19-22-25-28-31-33-35-37-39-42-45-48-51-54-57-60-63-69(72)75-66-67(65-74-68(71)62-59-56-53-50-47-44-41-30-27-24-21-18-15-12-9-6-3)76-70(73)64-61-58-55-52-49-46-43-40-38-36-34-32-29-26-23-20-17-14-11-8-5-2/h7,10,16,19,23,25-26,28,30,32-35,39,41-42,67H,4-6,8-9,11-15,17-18,20-22,24,27,29,31,36-38,40,43-66H2,1-3H3/b10-7-,19-16-,26-23-,28-25-,34-32-,35-33-,41-30-,42-39-. The summed E-state index contributed by atoms with van der Waals surface area (Å²) in [5.74, 6) is -0.910. The largest absolute Gasteiger partial charge is 0.462 e. The fourth-order valence-corrected chi connectivity index (χ4v) is 8.97. The van der Waals surface area contributed by atoms with Crippen LogP contribution < -0.4 is 0 Å². The van der Waals surface area contributed by atoms with Crippen molar-refractivity contribution in [2.24, 2.45) is 0 Å². The molecule has 0 saturated carbocycles. The van der Waals surface area contributed by atoms with Gasteiger partial charge in [0, 0.05) is 19.3 Å². The van der Waals surface area contributed by atoms with Crippen LogP contribution in [0.3, 0.4) is 0 Å². The number of hydrogen-bond acceptors (Lipinski definition) is 6. The lowest BCUT2D eigenvalue weighted by Crippen LogP contribution is -2.30. The molecule has 0 saturated heterocycles. The van der Waals surface area contributed by atoms with Crippen molar-refractivity contribution in [2.75, 3.05) is 13.2 Å². The molecule has 0 fully saturated rings. The topological polar surface area (TPSA) is 78.9 Å². The molecule has 0 aliphatic heterocycles. The summed E-state index contributed by atoms with van der Waals surface area (Å²) in [5.41, 5.74) is 0. The molecule has 6 heteroatoms. The van der Waals surface area contributed by atoms with Crippen LogP contribution in [0.25, 0.3) is 0 Å². The second kappa shape index (κ2) is 63.9. The molecule has 0 aromatic carbocycles. The highest BCUT2D eigenvalue weighted by Gasteiger charge is 2.19. The molecule has 0 aliphatic carbocycles. The van der Waals surface area contributed by atoms with E-state index in [1.807, 2.05) is 0 Å². The number of carbonyl (C=O) groups excluding carboxylic acids is 3. The van der Waals surface area contributed by atoms with Crippen LogP contribution in [-0.4, -0.2) is 37.2 Å². The number of hydrogen-bond donors (Lipinski definition) is 0. The predicted octanol–water partition coefficient (Wildman–Crippen LogP) is 22.0. The Morgan fingerprint density at radius 3 is 0.816 bits per heavy atom. The van der Waals surface area contributed by atoms with Crippen molar-refractivity contribution in [2.45, 2.75) is 316 Å². The molecule has 0 amide bonds. The summed E-state index contributed by atoms with van der Waals surface area (Å²) < 4.78 is 16.9. The first-order valence-corrected chi connectivity index (χ1v) is 32.2. The van der Waals surface area contributed by atoms with Gasteiger partial charge in [0.05, 0.1) is 0 Å². The minimum atomic E-state index is -0.794. The molecule has 0 rings (SSSR count). The van der Waals surface area contributed by atoms with E-state index in [9.17, 15) is 14.4 Å². The molecule has 0 spiro atoms. The highest BCUT2D eigenvalue weighted by Crippen LogP contribution is 2.15. The molecule has 6 nitrogen and oxygen atoms in total. The van der Waals surface area contributed by atoms with Gasteiger partial charge < -0.3 is 14.2 Å². The van der Waals surface area contributed by atoms with Gasteiger partial charge in [-0.15, -0.1) is 0 Å². The first kappa shape index (κ1) is 72.3. The van der Waals surface area contributed by atoms with Crippen LogP contribution in [0.15, 0.2) is 97.2 Å². The number of carbonyl (C=O) groups is 3. The normalized spacial score (nSPS) is 12.7. The Morgan fingerprint density at radius 1 is 0.276 bits per heavy atom. The maximum Gasteiger partial charge on any atom is 0.306 e. The van der Waals surface area contributed by atoms with E-state index in [4.69, 9.17) is 14.2 Å². The lowest BCUT2D eigenvalue weighted by atomic mass is 10.1. The lowest BCUT2D eigenvalue weighted by Gasteiger charge is -2.18. The van der Waals surface area contributed by atoms with Gasteiger partial charge in [0.2, 0.25) is 0 Å². The van der Waals surface area contributed by atoms with Crippen LogP contribution in [0.2, 0.25) is 0 Å². The molecule has 76 heavy (non-hydrogen) atoms. The zero-order valence-corrected chi connectivity index (χ0v) is 50.0. The summed E-state index contributed by atoms with van der Waals surface area (Å²) >= 11 is 0. The molecule has 0 N–H and O–H groups in total. The molecule has 0 aromatic rings. The average molecular weight is 1060 g/mol. The fourth-order valence-electron chi connectivity index (χ4n) is 8.97. The smallest absolute Gasteiger partial charge is 0.306 e. The van der Waals surface area contributed by atoms with E-state index >= 15 is 0 Å². The third-order valence-electron chi connectivity index (χ3n) is 13.8. The van der Waals surface area contributed by atoms with Crippen LogP contribution in [-0.2, 0) is 28.6 Å². The van der Waals surface area contributed by atoms with Crippen LogP contribution in [0.4, 0.5) is 0 Å². The van der Waals surface area contributed by atoms with E-state index in [2.05, 4.69) is 118 Å². The molecular weight excluding hydrogens is 937 g/mol. The Bertz CT molecular complexity index is 1490. The molecule has 0 radical (unpaired) electrons. The Hall–Kier alpha value is -3.67. The van der Waals surface area contributed by atoms with Crippen molar-refractivity contribution >= 4 is 17.9 Å². The Balaban J connectivity index is 4.43. The van der Waals surface area contributed by atoms with E-state index in [0.29, 0.717) is 19.3 Å². The lowest BCUT2D eigenvalue weighted by molar-refractivity contribution is -0.167. The Kier molecular flexibility index (Phi) is 60.8. The first-order valence-electron chi connectivity index (χ1n) is 32.2. The highest BCUT2D eigenvalue weighted by molar-refractivity contribution is 5.71. The predicted molar refractivity (Wildman–Crippen MR) is 330 cm³/mol. The van der Waals surface area contributed by atoms with Crippen LogP contribution in [0, 0.1) is 0 Å². The molecule has 436 valence electrons. The maximum atomic E-state index is 12.9. The third kappa shape index (κ3) is 61.2. The summed E-state index contributed by atoms with van der Waals surface area (Å²) in [7, 11) is 0. The van der Waals surface area contributed by atoms with E-state index in [0.717, 1.165) is 122 Å². The van der Waals surface area contributed by atoms with Gasteiger partial charge in [0.15, 0.2) is 6.10 Å². The summed E-state index contributed by atoms with van der Waals surface area (Å²) in [6, 6.07) is 0. The van der Waals surface area contributed by atoms with E-state index in [1.54, 1.807) is 0 Å². The van der Waals surface area contributed by atoms with Crippen molar-refractivity contribution < 1.29 is 28.6 Å². The molecule has 0 aliphatic rings. The Morgan fingerprint density at radius 2 is 0.513 bits per heavy atom. The van der Waals surface area contributed by atoms with E-state index in [-0.39, 0.29) is 31.1 Å². The second-order valence-electron chi connectivity index (χ2n) is 21.3. The van der Waals surface area contributed by atoms with Crippen molar-refractivity contribution in [1.29, 1.82) is 0 Å². The zero-order chi connectivity index (χ0) is 55.0. The van der Waals surface area contributed by atoms with Crippen LogP contribution in [0.5, 0.6) is 0 Å². The Labute approximate surface area is 470 Å². The van der Waals surface area contributed by atoms with Gasteiger partial charge in [-0.05, 0) is 122 Å². The average Bonchev–Trinajstić information content (AvgIpc) is 3.42. The summed E-state index contributed by atoms with van der Waals surface area (Å²) in [6.45, 7) is 6.51. The monoisotopic (exact) mass is 1060 g/mol. The summed E-state index contributed by atoms with van der Waals surface area (Å²) in [4.78, 5) is 38.4. The number of esters is 3. The van der Waals surface area contributed by atoms with Gasteiger partial charge in [0.1, 0.15) is 13.2 Å². The molecule has 1 atom stereocenters. The maximum absolute atomic E-state index is 12.9. The van der Waals surface area contributed by atoms with Crippen LogP contribution in [0.1, 0.15) is 310 Å².